The maximum absolute atomic E-state index is 11.6. The molecular weight excluding hydrogens is 236 g/mol. The van der Waals surface area contributed by atoms with Gasteiger partial charge in [0.05, 0.1) is 23.6 Å². The SMILES string of the molecule is O=c1[nH]ccc2c1ccn2[C@H]1C[C@@H](O)[C@H](CO)O1. The van der Waals surface area contributed by atoms with E-state index in [9.17, 15) is 9.90 Å². The van der Waals surface area contributed by atoms with E-state index in [0.29, 0.717) is 11.8 Å². The Morgan fingerprint density at radius 1 is 1.50 bits per heavy atom. The number of pyridine rings is 1. The lowest BCUT2D eigenvalue weighted by Crippen LogP contribution is -2.24. The van der Waals surface area contributed by atoms with E-state index in [4.69, 9.17) is 9.84 Å². The number of ether oxygens (including phenoxy) is 1. The molecule has 96 valence electrons. The second-order valence-electron chi connectivity index (χ2n) is 4.44. The third-order valence-electron chi connectivity index (χ3n) is 3.35. The summed E-state index contributed by atoms with van der Waals surface area (Å²) in [6.07, 6.45) is 2.15. The van der Waals surface area contributed by atoms with Crippen molar-refractivity contribution in [1.82, 2.24) is 9.55 Å². The summed E-state index contributed by atoms with van der Waals surface area (Å²) in [5.74, 6) is 0. The molecule has 3 N–H and O–H groups in total. The number of hydrogen-bond acceptors (Lipinski definition) is 4. The standard InChI is InChI=1S/C12H14N2O4/c15-6-10-9(16)5-11(18-10)14-4-2-7-8(14)1-3-13-12(7)17/h1-4,9-11,15-16H,5-6H2,(H,13,17)/t9-,10+,11-/m1/s1. The van der Waals surface area contributed by atoms with Crippen molar-refractivity contribution < 1.29 is 14.9 Å². The van der Waals surface area contributed by atoms with E-state index >= 15 is 0 Å². The highest BCUT2D eigenvalue weighted by atomic mass is 16.5. The van der Waals surface area contributed by atoms with Gasteiger partial charge >= 0.3 is 0 Å². The van der Waals surface area contributed by atoms with E-state index < -0.39 is 12.2 Å². The van der Waals surface area contributed by atoms with E-state index in [1.165, 1.54) is 0 Å². The van der Waals surface area contributed by atoms with Gasteiger partial charge in [0.1, 0.15) is 12.3 Å². The summed E-state index contributed by atoms with van der Waals surface area (Å²) in [6.45, 7) is -0.211. The van der Waals surface area contributed by atoms with E-state index in [0.717, 1.165) is 5.52 Å². The van der Waals surface area contributed by atoms with Gasteiger partial charge in [0, 0.05) is 18.8 Å². The topological polar surface area (TPSA) is 87.5 Å². The number of aromatic nitrogens is 2. The first-order valence-electron chi connectivity index (χ1n) is 5.83. The first-order chi connectivity index (χ1) is 8.70. The number of hydrogen-bond donors (Lipinski definition) is 3. The molecule has 0 bridgehead atoms. The van der Waals surface area contributed by atoms with Crippen molar-refractivity contribution in [3.63, 3.8) is 0 Å². The van der Waals surface area contributed by atoms with Gasteiger partial charge in [0.2, 0.25) is 0 Å². The van der Waals surface area contributed by atoms with Crippen LogP contribution in [0.5, 0.6) is 0 Å². The van der Waals surface area contributed by atoms with Crippen LogP contribution in [0.25, 0.3) is 10.9 Å². The van der Waals surface area contributed by atoms with Crippen LogP contribution < -0.4 is 5.56 Å². The number of nitrogens with zero attached hydrogens (tertiary/aromatic N) is 1. The molecule has 1 saturated heterocycles. The van der Waals surface area contributed by atoms with Crippen molar-refractivity contribution in [2.75, 3.05) is 6.61 Å². The molecule has 0 aliphatic carbocycles. The second kappa shape index (κ2) is 4.24. The molecule has 6 nitrogen and oxygen atoms in total. The highest BCUT2D eigenvalue weighted by molar-refractivity contribution is 5.78. The Balaban J connectivity index is 2.01. The predicted molar refractivity (Wildman–Crippen MR) is 64.2 cm³/mol. The minimum absolute atomic E-state index is 0.150. The zero-order chi connectivity index (χ0) is 12.7. The van der Waals surface area contributed by atoms with Crippen molar-refractivity contribution >= 4 is 10.9 Å². The Labute approximate surface area is 102 Å². The number of aromatic amines is 1. The number of rotatable bonds is 2. The van der Waals surface area contributed by atoms with Crippen LogP contribution >= 0.6 is 0 Å². The van der Waals surface area contributed by atoms with Crippen molar-refractivity contribution in [1.29, 1.82) is 0 Å². The quantitative estimate of drug-likeness (QED) is 0.698. The highest BCUT2D eigenvalue weighted by Crippen LogP contribution is 2.30. The van der Waals surface area contributed by atoms with Gasteiger partial charge in [0.15, 0.2) is 0 Å². The average molecular weight is 250 g/mol. The predicted octanol–water partition coefficient (Wildman–Crippen LogP) is -0.0297. The molecule has 1 fully saturated rings. The van der Waals surface area contributed by atoms with Crippen molar-refractivity contribution in [2.24, 2.45) is 0 Å². The third kappa shape index (κ3) is 1.66. The van der Waals surface area contributed by atoms with Gasteiger partial charge in [0.25, 0.3) is 5.56 Å². The third-order valence-corrected chi connectivity index (χ3v) is 3.35. The van der Waals surface area contributed by atoms with Crippen LogP contribution in [0.15, 0.2) is 29.3 Å². The number of nitrogens with one attached hydrogen (secondary N) is 1. The summed E-state index contributed by atoms with van der Waals surface area (Å²) in [5.41, 5.74) is 0.609. The molecular formula is C12H14N2O4. The fraction of sp³-hybridized carbons (Fsp3) is 0.417. The molecule has 1 aliphatic heterocycles. The van der Waals surface area contributed by atoms with E-state index in [-0.39, 0.29) is 18.4 Å². The fourth-order valence-electron chi connectivity index (χ4n) is 2.40. The maximum Gasteiger partial charge on any atom is 0.257 e. The Morgan fingerprint density at radius 3 is 3.06 bits per heavy atom. The van der Waals surface area contributed by atoms with Crippen LogP contribution in [-0.2, 0) is 4.74 Å². The summed E-state index contributed by atoms with van der Waals surface area (Å²) in [7, 11) is 0. The van der Waals surface area contributed by atoms with E-state index in [2.05, 4.69) is 4.98 Å². The molecule has 3 atom stereocenters. The largest absolute Gasteiger partial charge is 0.394 e. The van der Waals surface area contributed by atoms with Crippen LogP contribution in [0.1, 0.15) is 12.6 Å². The molecule has 0 spiro atoms. The molecule has 0 saturated carbocycles. The van der Waals surface area contributed by atoms with Gasteiger partial charge in [-0.25, -0.2) is 0 Å². The lowest BCUT2D eigenvalue weighted by Gasteiger charge is -2.14. The second-order valence-corrected chi connectivity index (χ2v) is 4.44. The number of aliphatic hydroxyl groups is 2. The van der Waals surface area contributed by atoms with Crippen LogP contribution in [0, 0.1) is 0 Å². The normalized spacial score (nSPS) is 28.0. The van der Waals surface area contributed by atoms with Crippen LogP contribution in [0.2, 0.25) is 0 Å². The smallest absolute Gasteiger partial charge is 0.257 e. The van der Waals surface area contributed by atoms with Gasteiger partial charge in [-0.3, -0.25) is 4.79 Å². The summed E-state index contributed by atoms with van der Waals surface area (Å²) < 4.78 is 7.37. The molecule has 0 unspecified atom stereocenters. The summed E-state index contributed by atoms with van der Waals surface area (Å²) in [6, 6.07) is 3.51. The number of aliphatic hydroxyl groups excluding tert-OH is 2. The molecule has 6 heteroatoms. The van der Waals surface area contributed by atoms with Gasteiger partial charge < -0.3 is 24.5 Å². The van der Waals surface area contributed by atoms with Gasteiger partial charge in [-0.05, 0) is 12.1 Å². The Bertz CT molecular complexity index is 618. The van der Waals surface area contributed by atoms with Gasteiger partial charge in [-0.1, -0.05) is 0 Å². The molecule has 18 heavy (non-hydrogen) atoms. The highest BCUT2D eigenvalue weighted by Gasteiger charge is 2.34. The lowest BCUT2D eigenvalue weighted by atomic mass is 10.2. The molecule has 1 aliphatic rings. The molecule has 0 amide bonds. The van der Waals surface area contributed by atoms with Crippen molar-refractivity contribution in [3.8, 4) is 0 Å². The van der Waals surface area contributed by atoms with Crippen LogP contribution in [0.3, 0.4) is 0 Å². The number of fused-ring (bicyclic) bond motifs is 1. The minimum Gasteiger partial charge on any atom is -0.394 e. The van der Waals surface area contributed by atoms with E-state index in [1.54, 1.807) is 24.5 Å². The molecule has 3 heterocycles. The first kappa shape index (κ1) is 11.5. The zero-order valence-electron chi connectivity index (χ0n) is 9.61. The van der Waals surface area contributed by atoms with Crippen LogP contribution in [-0.4, -0.2) is 38.6 Å². The van der Waals surface area contributed by atoms with Gasteiger partial charge in [-0.15, -0.1) is 0 Å². The monoisotopic (exact) mass is 250 g/mol. The number of H-pyrrole nitrogens is 1. The van der Waals surface area contributed by atoms with Crippen molar-refractivity contribution in [2.45, 2.75) is 24.9 Å². The van der Waals surface area contributed by atoms with E-state index in [1.807, 2.05) is 4.57 Å². The minimum atomic E-state index is -0.681. The molecule has 0 aromatic carbocycles. The van der Waals surface area contributed by atoms with Crippen molar-refractivity contribution in [3.05, 3.63) is 34.9 Å². The Morgan fingerprint density at radius 2 is 2.33 bits per heavy atom. The summed E-state index contributed by atoms with van der Waals surface area (Å²) in [5, 5.41) is 19.4. The first-order valence-corrected chi connectivity index (χ1v) is 5.83. The Hall–Kier alpha value is -1.63. The Kier molecular flexibility index (Phi) is 2.70. The molecule has 3 rings (SSSR count). The summed E-state index contributed by atoms with van der Waals surface area (Å²) in [4.78, 5) is 14.2. The maximum atomic E-state index is 11.6. The van der Waals surface area contributed by atoms with Crippen LogP contribution in [0.4, 0.5) is 0 Å². The lowest BCUT2D eigenvalue weighted by molar-refractivity contribution is -0.0429. The summed E-state index contributed by atoms with van der Waals surface area (Å²) >= 11 is 0. The molecule has 0 radical (unpaired) electrons. The molecule has 2 aromatic rings. The average Bonchev–Trinajstić information content (AvgIpc) is 2.93. The van der Waals surface area contributed by atoms with Gasteiger partial charge in [-0.2, -0.15) is 0 Å². The molecule has 2 aromatic heterocycles. The zero-order valence-corrected chi connectivity index (χ0v) is 9.61. The fourth-order valence-corrected chi connectivity index (χ4v) is 2.40.